The van der Waals surface area contributed by atoms with E-state index in [0.29, 0.717) is 0 Å². The van der Waals surface area contributed by atoms with Gasteiger partial charge in [-0.2, -0.15) is 5.10 Å². The molecule has 0 unspecified atom stereocenters. The number of hydrogen-bond acceptors (Lipinski definition) is 4. The number of para-hydroxylation sites is 1. The summed E-state index contributed by atoms with van der Waals surface area (Å²) in [6.07, 6.45) is 9.25. The van der Waals surface area contributed by atoms with Crippen molar-refractivity contribution in [2.45, 2.75) is 0 Å². The van der Waals surface area contributed by atoms with Gasteiger partial charge in [0.2, 0.25) is 0 Å². The summed E-state index contributed by atoms with van der Waals surface area (Å²) in [5, 5.41) is 6.88. The summed E-state index contributed by atoms with van der Waals surface area (Å²) >= 11 is 0. The second-order valence-corrected chi connectivity index (χ2v) is 8.73. The number of ether oxygens (including phenoxy) is 1. The second kappa shape index (κ2) is 8.77. The van der Waals surface area contributed by atoms with Crippen molar-refractivity contribution in [3.05, 3.63) is 128 Å². The Kier molecular flexibility index (Phi) is 5.00. The predicted molar refractivity (Wildman–Crippen MR) is 145 cm³/mol. The van der Waals surface area contributed by atoms with E-state index in [1.807, 2.05) is 90.1 Å². The van der Waals surface area contributed by atoms with Crippen LogP contribution in [0.3, 0.4) is 0 Å². The molecule has 3 aromatic carbocycles. The lowest BCUT2D eigenvalue weighted by Crippen LogP contribution is -1.96. The molecule has 0 radical (unpaired) electrons. The van der Waals surface area contributed by atoms with Gasteiger partial charge in [0.1, 0.15) is 17.3 Å². The van der Waals surface area contributed by atoms with E-state index >= 15 is 0 Å². The van der Waals surface area contributed by atoms with E-state index in [0.717, 1.165) is 50.6 Å². The lowest BCUT2D eigenvalue weighted by atomic mass is 10.1. The molecular weight excluding hydrogens is 458 g/mol. The quantitative estimate of drug-likeness (QED) is 0.262. The maximum Gasteiger partial charge on any atom is 0.137 e. The molecule has 0 N–H and O–H groups in total. The number of hydrogen-bond donors (Lipinski definition) is 0. The molecular formula is C31H21N5O. The monoisotopic (exact) mass is 479 g/mol. The van der Waals surface area contributed by atoms with Crippen molar-refractivity contribution >= 4 is 21.8 Å². The van der Waals surface area contributed by atoms with E-state index in [2.05, 4.69) is 56.0 Å². The van der Waals surface area contributed by atoms with Crippen molar-refractivity contribution in [1.29, 1.82) is 0 Å². The molecule has 0 saturated carbocycles. The first-order valence-electron chi connectivity index (χ1n) is 12.0. The molecule has 0 atom stereocenters. The highest BCUT2D eigenvalue weighted by Crippen LogP contribution is 2.35. The molecule has 6 nitrogen and oxygen atoms in total. The zero-order valence-corrected chi connectivity index (χ0v) is 19.8. The van der Waals surface area contributed by atoms with E-state index in [1.165, 1.54) is 5.39 Å². The van der Waals surface area contributed by atoms with Gasteiger partial charge in [-0.3, -0.25) is 9.55 Å². The number of pyridine rings is 2. The molecule has 4 aromatic heterocycles. The van der Waals surface area contributed by atoms with Gasteiger partial charge >= 0.3 is 0 Å². The first kappa shape index (κ1) is 21.1. The lowest BCUT2D eigenvalue weighted by Gasteiger charge is -2.10. The minimum absolute atomic E-state index is 0.732. The van der Waals surface area contributed by atoms with E-state index in [9.17, 15) is 0 Å². The number of aromatic nitrogens is 5. The molecule has 0 aliphatic rings. The normalized spacial score (nSPS) is 11.2. The van der Waals surface area contributed by atoms with Gasteiger partial charge < -0.3 is 4.74 Å². The van der Waals surface area contributed by atoms with Crippen molar-refractivity contribution in [3.63, 3.8) is 0 Å². The van der Waals surface area contributed by atoms with E-state index in [-0.39, 0.29) is 0 Å². The average Bonchev–Trinajstić information content (AvgIpc) is 3.58. The van der Waals surface area contributed by atoms with Crippen LogP contribution in [0.2, 0.25) is 0 Å². The van der Waals surface area contributed by atoms with Crippen LogP contribution >= 0.6 is 0 Å². The summed E-state index contributed by atoms with van der Waals surface area (Å²) in [5.74, 6) is 2.35. The van der Waals surface area contributed by atoms with Crippen LogP contribution in [0.15, 0.2) is 128 Å². The zero-order valence-electron chi connectivity index (χ0n) is 19.8. The molecule has 0 spiro atoms. The fourth-order valence-electron chi connectivity index (χ4n) is 4.72. The van der Waals surface area contributed by atoms with Gasteiger partial charge in [0, 0.05) is 58.8 Å². The number of benzene rings is 3. The molecule has 0 amide bonds. The third-order valence-corrected chi connectivity index (χ3v) is 6.42. The molecule has 0 fully saturated rings. The van der Waals surface area contributed by atoms with Crippen LogP contribution in [0.1, 0.15) is 0 Å². The molecule has 6 heteroatoms. The SMILES string of the molecule is c1ccc(-n2c3ccccc3c3ccc(Oc4cccc(-n5cc(-c6cccnc6)cn5)c4)cc32)nc1. The Morgan fingerprint density at radius 1 is 0.622 bits per heavy atom. The van der Waals surface area contributed by atoms with Crippen LogP contribution < -0.4 is 4.74 Å². The first-order valence-corrected chi connectivity index (χ1v) is 12.0. The Bertz CT molecular complexity index is 1860. The van der Waals surface area contributed by atoms with Gasteiger partial charge in [-0.25, -0.2) is 9.67 Å². The highest BCUT2D eigenvalue weighted by atomic mass is 16.5. The Labute approximate surface area is 213 Å². The fraction of sp³-hybridized carbons (Fsp3) is 0. The summed E-state index contributed by atoms with van der Waals surface area (Å²) in [6, 6.07) is 32.4. The molecule has 176 valence electrons. The highest BCUT2D eigenvalue weighted by molar-refractivity contribution is 6.09. The maximum absolute atomic E-state index is 6.34. The van der Waals surface area contributed by atoms with E-state index < -0.39 is 0 Å². The van der Waals surface area contributed by atoms with Crippen molar-refractivity contribution < 1.29 is 4.74 Å². The molecule has 0 bridgehead atoms. The molecule has 4 heterocycles. The molecule has 0 aliphatic heterocycles. The van der Waals surface area contributed by atoms with E-state index in [1.54, 1.807) is 6.20 Å². The summed E-state index contributed by atoms with van der Waals surface area (Å²) in [5.41, 5.74) is 5.10. The van der Waals surface area contributed by atoms with Gasteiger partial charge in [0.05, 0.1) is 22.9 Å². The van der Waals surface area contributed by atoms with Gasteiger partial charge in [-0.15, -0.1) is 0 Å². The maximum atomic E-state index is 6.34. The summed E-state index contributed by atoms with van der Waals surface area (Å²) in [7, 11) is 0. The smallest absolute Gasteiger partial charge is 0.137 e. The summed E-state index contributed by atoms with van der Waals surface area (Å²) in [6.45, 7) is 0. The van der Waals surface area contributed by atoms with Crippen LogP contribution in [-0.2, 0) is 0 Å². The van der Waals surface area contributed by atoms with Crippen molar-refractivity contribution in [2.24, 2.45) is 0 Å². The molecule has 7 aromatic rings. The standard InChI is InChI=1S/C31H21N5O/c1-2-11-29-27(10-1)28-14-13-26(18-30(28)36(29)31-12-3-4-16-33-31)37-25-9-5-8-24(17-25)35-21-23(20-34-35)22-7-6-15-32-19-22/h1-21H. The average molecular weight is 480 g/mol. The van der Waals surface area contributed by atoms with Crippen LogP contribution in [0, 0.1) is 0 Å². The van der Waals surface area contributed by atoms with Gasteiger partial charge in [0.25, 0.3) is 0 Å². The number of rotatable bonds is 5. The third kappa shape index (κ3) is 3.81. The minimum atomic E-state index is 0.732. The highest BCUT2D eigenvalue weighted by Gasteiger charge is 2.14. The lowest BCUT2D eigenvalue weighted by molar-refractivity contribution is 0.483. The van der Waals surface area contributed by atoms with E-state index in [4.69, 9.17) is 4.74 Å². The van der Waals surface area contributed by atoms with Gasteiger partial charge in [-0.1, -0.05) is 36.4 Å². The third-order valence-electron chi connectivity index (χ3n) is 6.42. The molecule has 37 heavy (non-hydrogen) atoms. The zero-order chi connectivity index (χ0) is 24.6. The van der Waals surface area contributed by atoms with Gasteiger partial charge in [0.15, 0.2) is 0 Å². The van der Waals surface area contributed by atoms with Crippen LogP contribution in [0.4, 0.5) is 0 Å². The van der Waals surface area contributed by atoms with Gasteiger partial charge in [-0.05, 0) is 48.5 Å². The Hall–Kier alpha value is -5.23. The summed E-state index contributed by atoms with van der Waals surface area (Å²) in [4.78, 5) is 8.81. The Morgan fingerprint density at radius 2 is 1.51 bits per heavy atom. The Morgan fingerprint density at radius 3 is 2.41 bits per heavy atom. The second-order valence-electron chi connectivity index (χ2n) is 8.73. The van der Waals surface area contributed by atoms with Crippen LogP contribution in [-0.4, -0.2) is 24.3 Å². The molecule has 7 rings (SSSR count). The van der Waals surface area contributed by atoms with Crippen molar-refractivity contribution in [3.8, 4) is 34.1 Å². The first-order chi connectivity index (χ1) is 18.3. The fourth-order valence-corrected chi connectivity index (χ4v) is 4.72. The van der Waals surface area contributed by atoms with Crippen LogP contribution in [0.5, 0.6) is 11.5 Å². The largest absolute Gasteiger partial charge is 0.457 e. The molecule has 0 saturated heterocycles. The topological polar surface area (TPSA) is 57.8 Å². The Balaban J connectivity index is 1.26. The molecule has 0 aliphatic carbocycles. The number of fused-ring (bicyclic) bond motifs is 3. The van der Waals surface area contributed by atoms with Crippen molar-refractivity contribution in [1.82, 2.24) is 24.3 Å². The predicted octanol–water partition coefficient (Wildman–Crippen LogP) is 7.22. The van der Waals surface area contributed by atoms with Crippen LogP contribution in [0.25, 0.3) is 44.4 Å². The van der Waals surface area contributed by atoms with Crippen molar-refractivity contribution in [2.75, 3.05) is 0 Å². The summed E-state index contributed by atoms with van der Waals surface area (Å²) < 4.78 is 10.4. The number of nitrogens with zero attached hydrogens (tertiary/aromatic N) is 5. The minimum Gasteiger partial charge on any atom is -0.457 e.